The number of carbonyl (C=O) groups excluding carboxylic acids is 2. The zero-order chi connectivity index (χ0) is 26.4. The second kappa shape index (κ2) is 11.1. The van der Waals surface area contributed by atoms with Gasteiger partial charge in [-0.3, -0.25) is 9.59 Å². The summed E-state index contributed by atoms with van der Waals surface area (Å²) < 4.78 is 0. The van der Waals surface area contributed by atoms with Gasteiger partial charge in [-0.1, -0.05) is 66.7 Å². The van der Waals surface area contributed by atoms with Crippen LogP contribution in [-0.4, -0.2) is 51.1 Å². The van der Waals surface area contributed by atoms with Gasteiger partial charge in [-0.25, -0.2) is 0 Å². The zero-order valence-electron chi connectivity index (χ0n) is 21.2. The predicted octanol–water partition coefficient (Wildman–Crippen LogP) is 3.35. The average molecular weight is 498 g/mol. The minimum absolute atomic E-state index is 0.214. The summed E-state index contributed by atoms with van der Waals surface area (Å²) in [6, 6.07) is 24.6. The Kier molecular flexibility index (Phi) is 7.74. The van der Waals surface area contributed by atoms with E-state index in [9.17, 15) is 9.59 Å². The van der Waals surface area contributed by atoms with Crippen molar-refractivity contribution in [1.29, 1.82) is 0 Å². The van der Waals surface area contributed by atoms with Gasteiger partial charge in [0.1, 0.15) is 6.04 Å². The Morgan fingerprint density at radius 1 is 0.973 bits per heavy atom. The van der Waals surface area contributed by atoms with Crippen molar-refractivity contribution >= 4 is 17.5 Å². The molecule has 0 spiro atoms. The van der Waals surface area contributed by atoms with Crippen LogP contribution in [0.25, 0.3) is 22.5 Å². The van der Waals surface area contributed by atoms with Crippen LogP contribution < -0.4 is 16.0 Å². The summed E-state index contributed by atoms with van der Waals surface area (Å²) in [6.45, 7) is 3.24. The fourth-order valence-electron chi connectivity index (χ4n) is 3.99. The van der Waals surface area contributed by atoms with Crippen LogP contribution in [0.1, 0.15) is 25.8 Å². The van der Waals surface area contributed by atoms with Crippen molar-refractivity contribution in [3.8, 4) is 22.5 Å². The van der Waals surface area contributed by atoms with Gasteiger partial charge in [0.15, 0.2) is 0 Å². The van der Waals surface area contributed by atoms with Crippen molar-refractivity contribution in [2.75, 3.05) is 11.9 Å². The Balaban J connectivity index is 1.54. The Bertz CT molecular complexity index is 1330. The van der Waals surface area contributed by atoms with E-state index in [1.54, 1.807) is 25.8 Å². The molecule has 1 heterocycles. The number of tetrazole rings is 1. The number of aryl methyl sites for hydroxylation is 1. The maximum Gasteiger partial charge on any atom is 0.249 e. The molecule has 0 bridgehead atoms. The van der Waals surface area contributed by atoms with E-state index < -0.39 is 11.6 Å². The summed E-state index contributed by atoms with van der Waals surface area (Å²) in [4.78, 5) is 27.8. The number of rotatable bonds is 9. The Morgan fingerprint density at radius 2 is 1.62 bits per heavy atom. The zero-order valence-corrected chi connectivity index (χ0v) is 21.2. The molecular weight excluding hydrogens is 466 g/mol. The number of likely N-dealkylation sites (N-methyl/N-ethyl adjacent to an activating group) is 1. The van der Waals surface area contributed by atoms with Crippen molar-refractivity contribution in [1.82, 2.24) is 25.9 Å². The number of nitrogens with one attached hydrogen (secondary N) is 2. The molecule has 0 saturated heterocycles. The van der Waals surface area contributed by atoms with E-state index in [4.69, 9.17) is 5.73 Å². The van der Waals surface area contributed by atoms with Crippen molar-refractivity contribution in [3.63, 3.8) is 0 Å². The molecule has 0 unspecified atom stereocenters. The second-order valence-corrected chi connectivity index (χ2v) is 9.50. The standard InChI is InChI=1S/C28H31N7O2/c1-28(2,29)27(37)30-24(18-13-19-9-5-4-6-10-19)26(36)35(3)21-16-14-20(15-17-21)22-11-7-8-12-23(22)25-31-33-34-32-25/h4-12,14-17,24H,13,18,29H2,1-3H3,(H,30,37)(H,31,32,33,34)/t24-/m1/s1. The lowest BCUT2D eigenvalue weighted by atomic mass is 9.98. The van der Waals surface area contributed by atoms with E-state index in [0.717, 1.165) is 22.3 Å². The number of amides is 2. The number of benzene rings is 3. The molecule has 4 aromatic rings. The maximum atomic E-state index is 13.5. The molecule has 0 saturated carbocycles. The Morgan fingerprint density at radius 3 is 2.24 bits per heavy atom. The van der Waals surface area contributed by atoms with Gasteiger partial charge in [0.05, 0.1) is 5.54 Å². The number of hydrogen-bond donors (Lipinski definition) is 3. The molecule has 2 amide bonds. The molecule has 190 valence electrons. The van der Waals surface area contributed by atoms with Crippen LogP contribution >= 0.6 is 0 Å². The van der Waals surface area contributed by atoms with E-state index in [-0.39, 0.29) is 11.8 Å². The van der Waals surface area contributed by atoms with Gasteiger partial charge >= 0.3 is 0 Å². The van der Waals surface area contributed by atoms with Gasteiger partial charge in [-0.2, -0.15) is 5.21 Å². The Hall–Kier alpha value is -4.37. The summed E-state index contributed by atoms with van der Waals surface area (Å²) in [5, 5.41) is 17.2. The van der Waals surface area contributed by atoms with E-state index in [1.165, 1.54) is 0 Å². The van der Waals surface area contributed by atoms with Crippen molar-refractivity contribution in [2.45, 2.75) is 38.3 Å². The number of carbonyl (C=O) groups is 2. The van der Waals surface area contributed by atoms with Crippen LogP contribution in [0.2, 0.25) is 0 Å². The number of aromatic nitrogens is 4. The van der Waals surface area contributed by atoms with Gasteiger partial charge in [0.25, 0.3) is 0 Å². The summed E-state index contributed by atoms with van der Waals surface area (Å²) in [5.74, 6) is -0.0824. The van der Waals surface area contributed by atoms with Crippen LogP contribution in [0.3, 0.4) is 0 Å². The topological polar surface area (TPSA) is 130 Å². The van der Waals surface area contributed by atoms with Crippen LogP contribution in [0.4, 0.5) is 5.69 Å². The number of H-pyrrole nitrogens is 1. The summed E-state index contributed by atoms with van der Waals surface area (Å²) in [7, 11) is 1.71. The number of nitrogens with zero attached hydrogens (tertiary/aromatic N) is 4. The van der Waals surface area contributed by atoms with Gasteiger partial charge in [0, 0.05) is 18.3 Å². The summed E-state index contributed by atoms with van der Waals surface area (Å²) in [5.41, 5.74) is 9.43. The minimum Gasteiger partial charge on any atom is -0.343 e. The van der Waals surface area contributed by atoms with Crippen molar-refractivity contribution in [3.05, 3.63) is 84.4 Å². The second-order valence-electron chi connectivity index (χ2n) is 9.50. The summed E-state index contributed by atoms with van der Waals surface area (Å²) in [6.07, 6.45) is 1.09. The SMILES string of the molecule is CN(C(=O)[C@@H](CCc1ccccc1)NC(=O)C(C)(C)N)c1ccc(-c2ccccc2-c2nn[nH]n2)cc1. The molecule has 1 atom stereocenters. The molecule has 9 heteroatoms. The molecule has 0 fully saturated rings. The van der Waals surface area contributed by atoms with Gasteiger partial charge in [0.2, 0.25) is 17.6 Å². The first-order valence-electron chi connectivity index (χ1n) is 12.1. The third-order valence-electron chi connectivity index (χ3n) is 6.16. The predicted molar refractivity (Wildman–Crippen MR) is 143 cm³/mol. The third kappa shape index (κ3) is 6.25. The molecule has 9 nitrogen and oxygen atoms in total. The van der Waals surface area contributed by atoms with E-state index >= 15 is 0 Å². The largest absolute Gasteiger partial charge is 0.343 e. The normalized spacial score (nSPS) is 12.1. The lowest BCUT2D eigenvalue weighted by Crippen LogP contribution is -2.56. The highest BCUT2D eigenvalue weighted by Crippen LogP contribution is 2.31. The van der Waals surface area contributed by atoms with Crippen LogP contribution in [0.15, 0.2) is 78.9 Å². The molecule has 0 aliphatic rings. The molecule has 0 radical (unpaired) electrons. The highest BCUT2D eigenvalue weighted by Gasteiger charge is 2.30. The molecule has 1 aromatic heterocycles. The molecule has 37 heavy (non-hydrogen) atoms. The van der Waals surface area contributed by atoms with Crippen molar-refractivity contribution in [2.24, 2.45) is 5.73 Å². The fourth-order valence-corrected chi connectivity index (χ4v) is 3.99. The monoisotopic (exact) mass is 497 g/mol. The number of hydrogen-bond acceptors (Lipinski definition) is 6. The average Bonchev–Trinajstić information content (AvgIpc) is 3.45. The first kappa shape index (κ1) is 25.7. The van der Waals surface area contributed by atoms with Crippen LogP contribution in [-0.2, 0) is 16.0 Å². The molecule has 0 aliphatic carbocycles. The number of aromatic amines is 1. The number of anilines is 1. The first-order chi connectivity index (χ1) is 17.7. The molecule has 0 aliphatic heterocycles. The summed E-state index contributed by atoms with van der Waals surface area (Å²) >= 11 is 0. The first-order valence-corrected chi connectivity index (χ1v) is 12.1. The van der Waals surface area contributed by atoms with E-state index in [1.807, 2.05) is 78.9 Å². The lowest BCUT2D eigenvalue weighted by molar-refractivity contribution is -0.130. The molecule has 3 aromatic carbocycles. The van der Waals surface area contributed by atoms with E-state index in [0.29, 0.717) is 24.4 Å². The highest BCUT2D eigenvalue weighted by atomic mass is 16.2. The van der Waals surface area contributed by atoms with Crippen LogP contribution in [0.5, 0.6) is 0 Å². The maximum absolute atomic E-state index is 13.5. The van der Waals surface area contributed by atoms with E-state index in [2.05, 4.69) is 25.9 Å². The highest BCUT2D eigenvalue weighted by molar-refractivity contribution is 6.00. The smallest absolute Gasteiger partial charge is 0.249 e. The van der Waals surface area contributed by atoms with Crippen LogP contribution in [0, 0.1) is 0 Å². The number of nitrogens with two attached hydrogens (primary N) is 1. The third-order valence-corrected chi connectivity index (χ3v) is 6.16. The van der Waals surface area contributed by atoms with Gasteiger partial charge in [-0.05, 0) is 60.7 Å². The van der Waals surface area contributed by atoms with Gasteiger partial charge < -0.3 is 16.0 Å². The van der Waals surface area contributed by atoms with Crippen molar-refractivity contribution < 1.29 is 9.59 Å². The fraction of sp³-hybridized carbons (Fsp3) is 0.250. The minimum atomic E-state index is -1.10. The molecule has 4 rings (SSSR count). The molecular formula is C28H31N7O2. The Labute approximate surface area is 216 Å². The van der Waals surface area contributed by atoms with Gasteiger partial charge in [-0.15, -0.1) is 10.2 Å². The lowest BCUT2D eigenvalue weighted by Gasteiger charge is -2.27. The molecule has 4 N–H and O–H groups in total. The quantitative estimate of drug-likeness (QED) is 0.325.